The molecule has 17 heavy (non-hydrogen) atoms. The maximum Gasteiger partial charge on any atom is 0.0971 e. The van der Waals surface area contributed by atoms with Gasteiger partial charge < -0.3 is 4.74 Å². The number of ether oxygens (including phenoxy) is 1. The molecular formula is C13H22N2OS. The highest BCUT2D eigenvalue weighted by molar-refractivity contribution is 7.11. The van der Waals surface area contributed by atoms with E-state index in [1.54, 1.807) is 7.11 Å². The first kappa shape index (κ1) is 13.0. The molecule has 96 valence electrons. The highest BCUT2D eigenvalue weighted by Crippen LogP contribution is 2.30. The average molecular weight is 254 g/mol. The van der Waals surface area contributed by atoms with Crippen molar-refractivity contribution in [1.29, 1.82) is 0 Å². The zero-order chi connectivity index (χ0) is 12.3. The Balaban J connectivity index is 1.97. The number of likely N-dealkylation sites (tertiary alicyclic amines) is 1. The Bertz CT molecular complexity index is 353. The van der Waals surface area contributed by atoms with E-state index < -0.39 is 0 Å². The lowest BCUT2D eigenvalue weighted by Crippen LogP contribution is -2.42. The van der Waals surface area contributed by atoms with Gasteiger partial charge in [-0.15, -0.1) is 11.3 Å². The molecule has 1 aromatic rings. The number of aromatic nitrogens is 1. The topological polar surface area (TPSA) is 25.4 Å². The van der Waals surface area contributed by atoms with E-state index >= 15 is 0 Å². The first-order valence-electron chi connectivity index (χ1n) is 6.36. The molecule has 0 saturated carbocycles. The molecule has 1 aliphatic rings. The van der Waals surface area contributed by atoms with Crippen molar-refractivity contribution in [3.63, 3.8) is 0 Å². The first-order chi connectivity index (χ1) is 8.20. The van der Waals surface area contributed by atoms with Crippen LogP contribution >= 0.6 is 11.3 Å². The monoisotopic (exact) mass is 254 g/mol. The van der Waals surface area contributed by atoms with Crippen molar-refractivity contribution in [3.8, 4) is 0 Å². The molecule has 0 spiro atoms. The Kier molecular flexibility index (Phi) is 4.54. The molecule has 4 heteroatoms. The quantitative estimate of drug-likeness (QED) is 0.826. The van der Waals surface area contributed by atoms with Crippen molar-refractivity contribution < 1.29 is 4.74 Å². The maximum absolute atomic E-state index is 5.25. The average Bonchev–Trinajstić information content (AvgIpc) is 2.76. The zero-order valence-electron chi connectivity index (χ0n) is 11.0. The number of hydrogen-bond donors (Lipinski definition) is 0. The number of methoxy groups -OCH3 is 1. The number of hydrogen-bond acceptors (Lipinski definition) is 4. The Morgan fingerprint density at radius 2 is 2.47 bits per heavy atom. The van der Waals surface area contributed by atoms with Crippen LogP contribution in [0.25, 0.3) is 0 Å². The van der Waals surface area contributed by atoms with E-state index in [9.17, 15) is 0 Å². The van der Waals surface area contributed by atoms with E-state index in [-0.39, 0.29) is 0 Å². The summed E-state index contributed by atoms with van der Waals surface area (Å²) >= 11 is 1.85. The standard InChI is InChI=1S/C13H22N2OS/c1-10(9-16-3)15-6-4-5-12(8-15)13-14-7-11(2)17-13/h7,10,12H,4-6,8-9H2,1-3H3. The van der Waals surface area contributed by atoms with Gasteiger partial charge in [0.15, 0.2) is 0 Å². The molecule has 0 aromatic carbocycles. The van der Waals surface area contributed by atoms with Crippen LogP contribution in [0.15, 0.2) is 6.20 Å². The van der Waals surface area contributed by atoms with E-state index in [4.69, 9.17) is 4.74 Å². The van der Waals surface area contributed by atoms with E-state index in [0.29, 0.717) is 12.0 Å². The molecule has 0 aliphatic carbocycles. The van der Waals surface area contributed by atoms with E-state index in [2.05, 4.69) is 23.7 Å². The molecule has 0 N–H and O–H groups in total. The summed E-state index contributed by atoms with van der Waals surface area (Å²) in [7, 11) is 1.78. The van der Waals surface area contributed by atoms with Gasteiger partial charge in [-0.05, 0) is 33.2 Å². The summed E-state index contributed by atoms with van der Waals surface area (Å²) < 4.78 is 5.25. The van der Waals surface area contributed by atoms with Gasteiger partial charge in [0.1, 0.15) is 0 Å². The highest BCUT2D eigenvalue weighted by Gasteiger charge is 2.26. The van der Waals surface area contributed by atoms with Crippen LogP contribution in [0, 0.1) is 6.92 Å². The molecule has 1 fully saturated rings. The number of thiazole rings is 1. The Labute approximate surface area is 108 Å². The lowest BCUT2D eigenvalue weighted by molar-refractivity contribution is 0.0799. The summed E-state index contributed by atoms with van der Waals surface area (Å²) in [6.07, 6.45) is 4.55. The summed E-state index contributed by atoms with van der Waals surface area (Å²) in [6, 6.07) is 0.517. The van der Waals surface area contributed by atoms with Crippen molar-refractivity contribution in [2.24, 2.45) is 0 Å². The molecule has 2 atom stereocenters. The van der Waals surface area contributed by atoms with Gasteiger partial charge in [-0.2, -0.15) is 0 Å². The molecule has 2 rings (SSSR count). The SMILES string of the molecule is COCC(C)N1CCCC(c2ncc(C)s2)C1. The minimum Gasteiger partial charge on any atom is -0.383 e. The Hall–Kier alpha value is -0.450. The second-order valence-electron chi connectivity index (χ2n) is 4.95. The number of rotatable bonds is 4. The second-order valence-corrected chi connectivity index (χ2v) is 6.21. The van der Waals surface area contributed by atoms with Crippen molar-refractivity contribution in [3.05, 3.63) is 16.1 Å². The summed E-state index contributed by atoms with van der Waals surface area (Å²) in [5.74, 6) is 0.627. The minimum absolute atomic E-state index is 0.517. The Morgan fingerprint density at radius 1 is 1.65 bits per heavy atom. The van der Waals surface area contributed by atoms with E-state index in [0.717, 1.165) is 13.2 Å². The third-order valence-corrected chi connectivity index (χ3v) is 4.55. The third-order valence-electron chi connectivity index (χ3n) is 3.47. The molecule has 0 amide bonds. The van der Waals surface area contributed by atoms with Gasteiger partial charge in [0.25, 0.3) is 0 Å². The van der Waals surface area contributed by atoms with Crippen LogP contribution in [0.3, 0.4) is 0 Å². The van der Waals surface area contributed by atoms with Gasteiger partial charge in [-0.1, -0.05) is 0 Å². The van der Waals surface area contributed by atoms with Crippen molar-refractivity contribution >= 4 is 11.3 Å². The third kappa shape index (κ3) is 3.27. The molecule has 1 aromatic heterocycles. The van der Waals surface area contributed by atoms with Crippen LogP contribution in [-0.4, -0.2) is 42.7 Å². The lowest BCUT2D eigenvalue weighted by Gasteiger charge is -2.35. The largest absolute Gasteiger partial charge is 0.383 e. The highest BCUT2D eigenvalue weighted by atomic mass is 32.1. The van der Waals surface area contributed by atoms with Crippen LogP contribution in [0.4, 0.5) is 0 Å². The molecule has 3 nitrogen and oxygen atoms in total. The fourth-order valence-corrected chi connectivity index (χ4v) is 3.42. The number of aryl methyl sites for hydroxylation is 1. The van der Waals surface area contributed by atoms with Gasteiger partial charge in [0.05, 0.1) is 11.6 Å². The molecule has 1 aliphatic heterocycles. The lowest BCUT2D eigenvalue weighted by atomic mass is 9.97. The van der Waals surface area contributed by atoms with Crippen LogP contribution < -0.4 is 0 Å². The molecule has 0 bridgehead atoms. The number of nitrogens with zero attached hydrogens (tertiary/aromatic N) is 2. The van der Waals surface area contributed by atoms with Gasteiger partial charge in [0, 0.05) is 36.7 Å². The fraction of sp³-hybridized carbons (Fsp3) is 0.769. The first-order valence-corrected chi connectivity index (χ1v) is 7.17. The smallest absolute Gasteiger partial charge is 0.0971 e. The van der Waals surface area contributed by atoms with Gasteiger partial charge in [-0.3, -0.25) is 4.90 Å². The maximum atomic E-state index is 5.25. The Morgan fingerprint density at radius 3 is 3.12 bits per heavy atom. The van der Waals surface area contributed by atoms with Crippen molar-refractivity contribution in [2.45, 2.75) is 38.6 Å². The van der Waals surface area contributed by atoms with Gasteiger partial charge in [-0.25, -0.2) is 4.98 Å². The van der Waals surface area contributed by atoms with Crippen molar-refractivity contribution in [1.82, 2.24) is 9.88 Å². The van der Waals surface area contributed by atoms with Gasteiger partial charge >= 0.3 is 0 Å². The number of piperidine rings is 1. The van der Waals surface area contributed by atoms with E-state index in [1.807, 2.05) is 17.5 Å². The zero-order valence-corrected chi connectivity index (χ0v) is 11.8. The summed E-state index contributed by atoms with van der Waals surface area (Å²) in [5.41, 5.74) is 0. The minimum atomic E-state index is 0.517. The molecule has 0 radical (unpaired) electrons. The van der Waals surface area contributed by atoms with Crippen LogP contribution in [0.5, 0.6) is 0 Å². The van der Waals surface area contributed by atoms with Crippen LogP contribution in [0.1, 0.15) is 35.6 Å². The van der Waals surface area contributed by atoms with Crippen LogP contribution in [-0.2, 0) is 4.74 Å². The van der Waals surface area contributed by atoms with E-state index in [1.165, 1.54) is 29.3 Å². The summed E-state index contributed by atoms with van der Waals surface area (Å²) in [4.78, 5) is 8.40. The predicted octanol–water partition coefficient (Wildman–Crippen LogP) is 2.67. The molecular weight excluding hydrogens is 232 g/mol. The normalized spacial score (nSPS) is 23.8. The van der Waals surface area contributed by atoms with Crippen molar-refractivity contribution in [2.75, 3.05) is 26.8 Å². The van der Waals surface area contributed by atoms with Gasteiger partial charge in [0.2, 0.25) is 0 Å². The summed E-state index contributed by atoms with van der Waals surface area (Å²) in [6.45, 7) is 7.54. The molecule has 2 unspecified atom stereocenters. The molecule has 2 heterocycles. The summed E-state index contributed by atoms with van der Waals surface area (Å²) in [5, 5.41) is 1.32. The predicted molar refractivity (Wildman–Crippen MR) is 71.7 cm³/mol. The fourth-order valence-electron chi connectivity index (χ4n) is 2.52. The second kappa shape index (κ2) is 5.94. The van der Waals surface area contributed by atoms with Crippen LogP contribution in [0.2, 0.25) is 0 Å². The molecule has 1 saturated heterocycles.